The third kappa shape index (κ3) is 2.61. The third-order valence-corrected chi connectivity index (χ3v) is 4.77. The Morgan fingerprint density at radius 2 is 1.18 bits per heavy atom. The second-order valence-electron chi connectivity index (χ2n) is 6.35. The second kappa shape index (κ2) is 6.49. The van der Waals surface area contributed by atoms with Gasteiger partial charge in [0.2, 0.25) is 6.79 Å². The Balaban J connectivity index is 1.44. The lowest BCUT2D eigenvalue weighted by Gasteiger charge is -2.10. The predicted molar refractivity (Wildman–Crippen MR) is 96.5 cm³/mol. The molecule has 2 aliphatic heterocycles. The zero-order valence-electron chi connectivity index (χ0n) is 15.2. The number of amides is 4. The van der Waals surface area contributed by atoms with Gasteiger partial charge in [-0.1, -0.05) is 0 Å². The molecule has 2 aromatic rings. The maximum atomic E-state index is 12.2. The highest BCUT2D eigenvalue weighted by Gasteiger charge is 2.35. The molecule has 0 saturated heterocycles. The fraction of sp³-hybridized carbons (Fsp3) is 0.200. The summed E-state index contributed by atoms with van der Waals surface area (Å²) in [5, 5.41) is 0. The van der Waals surface area contributed by atoms with Crippen LogP contribution in [-0.4, -0.2) is 53.8 Å². The largest absolute Gasteiger partial charge is 0.457 e. The molecule has 0 aliphatic carbocycles. The first-order chi connectivity index (χ1) is 13.4. The lowest BCUT2D eigenvalue weighted by atomic mass is 10.1. The third-order valence-electron chi connectivity index (χ3n) is 4.77. The van der Waals surface area contributed by atoms with E-state index in [9.17, 15) is 19.2 Å². The summed E-state index contributed by atoms with van der Waals surface area (Å²) in [6.07, 6.45) is 0. The zero-order chi connectivity index (χ0) is 20.0. The molecule has 0 saturated carbocycles. The first kappa shape index (κ1) is 17.7. The van der Waals surface area contributed by atoms with Gasteiger partial charge in [0.1, 0.15) is 11.5 Å². The van der Waals surface area contributed by atoms with E-state index in [2.05, 4.69) is 0 Å². The summed E-state index contributed by atoms with van der Waals surface area (Å²) in [7, 11) is 1.42. The summed E-state index contributed by atoms with van der Waals surface area (Å²) in [6.45, 7) is 1.87. The van der Waals surface area contributed by atoms with E-state index in [1.807, 2.05) is 0 Å². The average molecular weight is 380 g/mol. The summed E-state index contributed by atoms with van der Waals surface area (Å²) in [5.41, 5.74) is 1.27. The van der Waals surface area contributed by atoms with Crippen molar-refractivity contribution in [1.29, 1.82) is 0 Å². The summed E-state index contributed by atoms with van der Waals surface area (Å²) >= 11 is 0. The molecule has 0 fully saturated rings. The van der Waals surface area contributed by atoms with Crippen LogP contribution < -0.4 is 9.47 Å². The van der Waals surface area contributed by atoms with Crippen LogP contribution in [0.3, 0.4) is 0 Å². The molecule has 2 heterocycles. The normalized spacial score (nSPS) is 15.2. The van der Waals surface area contributed by atoms with Crippen molar-refractivity contribution in [1.82, 2.24) is 9.80 Å². The van der Waals surface area contributed by atoms with Crippen molar-refractivity contribution >= 4 is 23.6 Å². The SMILES string of the molecule is CCN1C(=O)c2ccc(OCOc3ccc4c(c3)C(=O)N(C)C4=O)cc2C1=O. The van der Waals surface area contributed by atoms with Crippen molar-refractivity contribution in [2.45, 2.75) is 6.92 Å². The van der Waals surface area contributed by atoms with Gasteiger partial charge in [-0.05, 0) is 43.3 Å². The van der Waals surface area contributed by atoms with Crippen LogP contribution in [0, 0.1) is 0 Å². The standard InChI is InChI=1S/C20H16N2O6/c1-3-22-19(25)14-7-5-12(9-16(14)20(22)26)28-10-27-11-4-6-13-15(8-11)18(24)21(2)17(13)23/h4-9H,3,10H2,1-2H3. The number of imide groups is 2. The molecule has 0 spiro atoms. The molecule has 4 amide bonds. The zero-order valence-corrected chi connectivity index (χ0v) is 15.2. The molecule has 4 rings (SSSR count). The Labute approximate surface area is 160 Å². The molecule has 8 nitrogen and oxygen atoms in total. The van der Waals surface area contributed by atoms with Crippen LogP contribution in [0.1, 0.15) is 48.4 Å². The first-order valence-corrected chi connectivity index (χ1v) is 8.64. The highest BCUT2D eigenvalue weighted by atomic mass is 16.7. The fourth-order valence-electron chi connectivity index (χ4n) is 3.24. The predicted octanol–water partition coefficient (Wildman–Crippen LogP) is 1.94. The van der Waals surface area contributed by atoms with Crippen molar-refractivity contribution in [3.63, 3.8) is 0 Å². The number of carbonyl (C=O) groups is 4. The smallest absolute Gasteiger partial charge is 0.261 e. The Kier molecular flexibility index (Phi) is 4.11. The van der Waals surface area contributed by atoms with E-state index in [-0.39, 0.29) is 36.0 Å². The van der Waals surface area contributed by atoms with E-state index in [1.54, 1.807) is 25.1 Å². The minimum Gasteiger partial charge on any atom is -0.457 e. The van der Waals surface area contributed by atoms with Gasteiger partial charge < -0.3 is 9.47 Å². The maximum Gasteiger partial charge on any atom is 0.261 e. The molecule has 8 heteroatoms. The van der Waals surface area contributed by atoms with Crippen molar-refractivity contribution in [2.24, 2.45) is 0 Å². The van der Waals surface area contributed by atoms with Gasteiger partial charge in [0, 0.05) is 13.6 Å². The van der Waals surface area contributed by atoms with Crippen LogP contribution in [0.4, 0.5) is 0 Å². The van der Waals surface area contributed by atoms with Gasteiger partial charge in [0.15, 0.2) is 0 Å². The van der Waals surface area contributed by atoms with Crippen LogP contribution in [0.25, 0.3) is 0 Å². The molecular formula is C20H16N2O6. The highest BCUT2D eigenvalue weighted by Crippen LogP contribution is 2.28. The van der Waals surface area contributed by atoms with Gasteiger partial charge in [-0.15, -0.1) is 0 Å². The monoisotopic (exact) mass is 380 g/mol. The van der Waals surface area contributed by atoms with E-state index in [0.717, 1.165) is 4.90 Å². The van der Waals surface area contributed by atoms with E-state index in [0.29, 0.717) is 34.7 Å². The van der Waals surface area contributed by atoms with Crippen molar-refractivity contribution in [2.75, 3.05) is 20.4 Å². The number of rotatable bonds is 5. The molecule has 0 unspecified atom stereocenters. The van der Waals surface area contributed by atoms with Crippen LogP contribution >= 0.6 is 0 Å². The summed E-state index contributed by atoms with van der Waals surface area (Å²) in [5.74, 6) is -0.632. The van der Waals surface area contributed by atoms with Gasteiger partial charge in [0.05, 0.1) is 22.3 Å². The molecule has 0 radical (unpaired) electrons. The van der Waals surface area contributed by atoms with Gasteiger partial charge in [-0.3, -0.25) is 29.0 Å². The fourth-order valence-corrected chi connectivity index (χ4v) is 3.24. The van der Waals surface area contributed by atoms with Crippen molar-refractivity contribution in [3.05, 3.63) is 58.7 Å². The highest BCUT2D eigenvalue weighted by molar-refractivity contribution is 6.22. The van der Waals surface area contributed by atoms with Crippen LogP contribution in [0.5, 0.6) is 11.5 Å². The Morgan fingerprint density at radius 3 is 1.75 bits per heavy atom. The lowest BCUT2D eigenvalue weighted by Crippen LogP contribution is -2.29. The van der Waals surface area contributed by atoms with Crippen molar-refractivity contribution in [3.8, 4) is 11.5 Å². The van der Waals surface area contributed by atoms with E-state index in [4.69, 9.17) is 9.47 Å². The molecule has 28 heavy (non-hydrogen) atoms. The molecule has 0 N–H and O–H groups in total. The summed E-state index contributed by atoms with van der Waals surface area (Å²) < 4.78 is 11.0. The van der Waals surface area contributed by atoms with E-state index >= 15 is 0 Å². The van der Waals surface area contributed by atoms with Gasteiger partial charge >= 0.3 is 0 Å². The first-order valence-electron chi connectivity index (χ1n) is 8.64. The van der Waals surface area contributed by atoms with Crippen LogP contribution in [-0.2, 0) is 0 Å². The number of hydrogen-bond donors (Lipinski definition) is 0. The number of ether oxygens (including phenoxy) is 2. The molecule has 0 atom stereocenters. The number of nitrogens with zero attached hydrogens (tertiary/aromatic N) is 2. The van der Waals surface area contributed by atoms with Gasteiger partial charge in [0.25, 0.3) is 23.6 Å². The molecule has 0 aromatic heterocycles. The van der Waals surface area contributed by atoms with Crippen LogP contribution in [0.15, 0.2) is 36.4 Å². The summed E-state index contributed by atoms with van der Waals surface area (Å²) in [4.78, 5) is 50.5. The Hall–Kier alpha value is -3.68. The maximum absolute atomic E-state index is 12.2. The van der Waals surface area contributed by atoms with E-state index < -0.39 is 0 Å². The van der Waals surface area contributed by atoms with E-state index in [1.165, 1.54) is 30.1 Å². The van der Waals surface area contributed by atoms with Gasteiger partial charge in [-0.2, -0.15) is 0 Å². The molecule has 2 aromatic carbocycles. The molecule has 2 aliphatic rings. The quantitative estimate of drug-likeness (QED) is 0.581. The molecule has 142 valence electrons. The van der Waals surface area contributed by atoms with Crippen LogP contribution in [0.2, 0.25) is 0 Å². The van der Waals surface area contributed by atoms with Gasteiger partial charge in [-0.25, -0.2) is 0 Å². The number of hydrogen-bond acceptors (Lipinski definition) is 6. The molecular weight excluding hydrogens is 364 g/mol. The summed E-state index contributed by atoms with van der Waals surface area (Å²) in [6, 6.07) is 9.26. The minimum atomic E-state index is -0.381. The number of fused-ring (bicyclic) bond motifs is 2. The second-order valence-corrected chi connectivity index (χ2v) is 6.35. The minimum absolute atomic E-state index is 0.171. The average Bonchev–Trinajstić information content (AvgIpc) is 3.07. The number of carbonyl (C=O) groups excluding carboxylic acids is 4. The Bertz CT molecular complexity index is 1040. The van der Waals surface area contributed by atoms with Crippen molar-refractivity contribution < 1.29 is 28.7 Å². The Morgan fingerprint density at radius 1 is 0.714 bits per heavy atom. The lowest BCUT2D eigenvalue weighted by molar-refractivity contribution is 0.0656. The number of benzene rings is 2. The topological polar surface area (TPSA) is 93.2 Å². The molecule has 0 bridgehead atoms.